The summed E-state index contributed by atoms with van der Waals surface area (Å²) in [7, 11) is 0. The largest absolute Gasteiger partial charge is 0.362 e. The van der Waals surface area contributed by atoms with Crippen LogP contribution in [0.4, 0.5) is 0 Å². The number of allylic oxidation sites excluding steroid dienone is 2. The van der Waals surface area contributed by atoms with Gasteiger partial charge in [-0.25, -0.2) is 0 Å². The summed E-state index contributed by atoms with van der Waals surface area (Å²) in [6, 6.07) is 6.38. The topological polar surface area (TPSA) is 40.5 Å². The molecule has 0 fully saturated rings. The van der Waals surface area contributed by atoms with Crippen molar-refractivity contribution in [3.8, 4) is 0 Å². The SMILES string of the molecule is CC1=CC(c2cc(C)cc(C)c2)=CC(C)C1(O)O. The Bertz CT molecular complexity index is 516. The lowest BCUT2D eigenvalue weighted by Gasteiger charge is -2.32. The standard InChI is InChI=1S/C16H20O2/c1-10-5-11(2)7-14(6-10)15-8-12(3)16(17,18)13(4)9-15/h5-9,12,17-18H,1-4H3. The summed E-state index contributed by atoms with van der Waals surface area (Å²) in [6.07, 6.45) is 3.77. The molecule has 0 saturated heterocycles. The number of benzene rings is 1. The normalized spacial score (nSPS) is 22.4. The zero-order valence-electron chi connectivity index (χ0n) is 11.4. The smallest absolute Gasteiger partial charge is 0.191 e. The van der Waals surface area contributed by atoms with Crippen LogP contribution >= 0.6 is 0 Å². The van der Waals surface area contributed by atoms with Crippen molar-refractivity contribution < 1.29 is 10.2 Å². The Kier molecular flexibility index (Phi) is 3.18. The first kappa shape index (κ1) is 13.1. The molecule has 0 radical (unpaired) electrons. The van der Waals surface area contributed by atoms with E-state index in [4.69, 9.17) is 0 Å². The van der Waals surface area contributed by atoms with Gasteiger partial charge < -0.3 is 10.2 Å². The number of hydrogen-bond acceptors (Lipinski definition) is 2. The molecule has 96 valence electrons. The molecule has 0 amide bonds. The van der Waals surface area contributed by atoms with Crippen LogP contribution < -0.4 is 0 Å². The second-order valence-electron chi connectivity index (χ2n) is 5.34. The maximum absolute atomic E-state index is 9.93. The van der Waals surface area contributed by atoms with Crippen molar-refractivity contribution in [1.82, 2.24) is 0 Å². The van der Waals surface area contributed by atoms with Crippen LogP contribution in [0.15, 0.2) is 35.9 Å². The van der Waals surface area contributed by atoms with E-state index in [0.29, 0.717) is 5.57 Å². The predicted molar refractivity (Wildman–Crippen MR) is 74.0 cm³/mol. The second kappa shape index (κ2) is 4.38. The summed E-state index contributed by atoms with van der Waals surface area (Å²) < 4.78 is 0. The average Bonchev–Trinajstić information content (AvgIpc) is 2.24. The van der Waals surface area contributed by atoms with Gasteiger partial charge in [0.1, 0.15) is 0 Å². The Morgan fingerprint density at radius 2 is 1.56 bits per heavy atom. The fourth-order valence-electron chi connectivity index (χ4n) is 2.45. The highest BCUT2D eigenvalue weighted by molar-refractivity contribution is 5.77. The molecular weight excluding hydrogens is 224 g/mol. The van der Waals surface area contributed by atoms with E-state index in [1.54, 1.807) is 6.92 Å². The van der Waals surface area contributed by atoms with Crippen LogP contribution in [0.1, 0.15) is 30.5 Å². The Labute approximate surface area is 108 Å². The van der Waals surface area contributed by atoms with Gasteiger partial charge in [-0.3, -0.25) is 0 Å². The van der Waals surface area contributed by atoms with Crippen LogP contribution in [-0.2, 0) is 0 Å². The molecule has 2 rings (SSSR count). The third-order valence-electron chi connectivity index (χ3n) is 3.57. The van der Waals surface area contributed by atoms with Crippen molar-refractivity contribution in [1.29, 1.82) is 0 Å². The Morgan fingerprint density at radius 3 is 2.06 bits per heavy atom. The van der Waals surface area contributed by atoms with Crippen molar-refractivity contribution in [3.05, 3.63) is 52.6 Å². The molecule has 1 aliphatic carbocycles. The highest BCUT2D eigenvalue weighted by Crippen LogP contribution is 2.34. The summed E-state index contributed by atoms with van der Waals surface area (Å²) in [4.78, 5) is 0. The van der Waals surface area contributed by atoms with Gasteiger partial charge in [-0.05, 0) is 37.5 Å². The van der Waals surface area contributed by atoms with Gasteiger partial charge in [0.25, 0.3) is 0 Å². The molecule has 1 aromatic rings. The molecule has 2 heteroatoms. The molecule has 0 heterocycles. The molecule has 0 saturated carbocycles. The molecule has 18 heavy (non-hydrogen) atoms. The molecular formula is C16H20O2. The quantitative estimate of drug-likeness (QED) is 0.746. The van der Waals surface area contributed by atoms with E-state index in [1.807, 2.05) is 19.1 Å². The minimum Gasteiger partial charge on any atom is -0.362 e. The van der Waals surface area contributed by atoms with Crippen molar-refractivity contribution in [2.45, 2.75) is 33.5 Å². The minimum atomic E-state index is -1.72. The van der Waals surface area contributed by atoms with Crippen LogP contribution in [0.2, 0.25) is 0 Å². The third kappa shape index (κ3) is 2.26. The molecule has 2 N–H and O–H groups in total. The van der Waals surface area contributed by atoms with E-state index in [9.17, 15) is 10.2 Å². The fourth-order valence-corrected chi connectivity index (χ4v) is 2.45. The van der Waals surface area contributed by atoms with E-state index in [-0.39, 0.29) is 5.92 Å². The van der Waals surface area contributed by atoms with Crippen LogP contribution in [-0.4, -0.2) is 16.0 Å². The molecule has 2 nitrogen and oxygen atoms in total. The van der Waals surface area contributed by atoms with Crippen molar-refractivity contribution in [3.63, 3.8) is 0 Å². The van der Waals surface area contributed by atoms with Gasteiger partial charge in [-0.1, -0.05) is 48.4 Å². The Hall–Kier alpha value is -1.38. The van der Waals surface area contributed by atoms with E-state index >= 15 is 0 Å². The van der Waals surface area contributed by atoms with Crippen LogP contribution in [0.3, 0.4) is 0 Å². The van der Waals surface area contributed by atoms with Crippen molar-refractivity contribution in [2.75, 3.05) is 0 Å². The third-order valence-corrected chi connectivity index (χ3v) is 3.57. The summed E-state index contributed by atoms with van der Waals surface area (Å²) in [5.41, 5.74) is 5.22. The zero-order valence-corrected chi connectivity index (χ0v) is 11.4. The van der Waals surface area contributed by atoms with Crippen molar-refractivity contribution in [2.24, 2.45) is 5.92 Å². The predicted octanol–water partition coefficient (Wildman–Crippen LogP) is 2.96. The Balaban J connectivity index is 2.47. The molecule has 0 bridgehead atoms. The fraction of sp³-hybridized carbons (Fsp3) is 0.375. The first-order valence-electron chi connectivity index (χ1n) is 6.24. The van der Waals surface area contributed by atoms with E-state index in [2.05, 4.69) is 32.0 Å². The van der Waals surface area contributed by atoms with E-state index < -0.39 is 5.79 Å². The van der Waals surface area contributed by atoms with E-state index in [1.165, 1.54) is 11.1 Å². The maximum atomic E-state index is 9.93. The second-order valence-corrected chi connectivity index (χ2v) is 5.34. The molecule has 0 spiro atoms. The summed E-state index contributed by atoms with van der Waals surface area (Å²) in [5, 5.41) is 19.9. The highest BCUT2D eigenvalue weighted by Gasteiger charge is 2.34. The van der Waals surface area contributed by atoms with Crippen LogP contribution in [0, 0.1) is 19.8 Å². The lowest BCUT2D eigenvalue weighted by atomic mass is 9.83. The minimum absolute atomic E-state index is 0.307. The van der Waals surface area contributed by atoms with E-state index in [0.717, 1.165) is 11.1 Å². The number of aryl methyl sites for hydroxylation is 2. The number of hydrogen-bond donors (Lipinski definition) is 2. The molecule has 1 unspecified atom stereocenters. The maximum Gasteiger partial charge on any atom is 0.191 e. The van der Waals surface area contributed by atoms with Crippen LogP contribution in [0.25, 0.3) is 5.57 Å². The lowest BCUT2D eigenvalue weighted by molar-refractivity contribution is -0.153. The average molecular weight is 244 g/mol. The van der Waals surface area contributed by atoms with Crippen LogP contribution in [0.5, 0.6) is 0 Å². The summed E-state index contributed by atoms with van der Waals surface area (Å²) in [5.74, 6) is -2.03. The highest BCUT2D eigenvalue weighted by atomic mass is 16.5. The molecule has 0 aliphatic heterocycles. The lowest BCUT2D eigenvalue weighted by Crippen LogP contribution is -2.38. The van der Waals surface area contributed by atoms with Gasteiger partial charge in [0, 0.05) is 5.92 Å². The summed E-state index contributed by atoms with van der Waals surface area (Å²) in [6.45, 7) is 7.72. The Morgan fingerprint density at radius 1 is 1.00 bits per heavy atom. The zero-order chi connectivity index (χ0) is 13.5. The van der Waals surface area contributed by atoms with Gasteiger partial charge in [0.2, 0.25) is 0 Å². The van der Waals surface area contributed by atoms with Crippen molar-refractivity contribution >= 4 is 5.57 Å². The van der Waals surface area contributed by atoms with Gasteiger partial charge in [-0.15, -0.1) is 0 Å². The molecule has 1 aromatic carbocycles. The molecule has 1 aliphatic rings. The monoisotopic (exact) mass is 244 g/mol. The van der Waals surface area contributed by atoms with Gasteiger partial charge >= 0.3 is 0 Å². The van der Waals surface area contributed by atoms with Gasteiger partial charge in [0.15, 0.2) is 5.79 Å². The number of aliphatic hydroxyl groups is 2. The number of rotatable bonds is 1. The summed E-state index contributed by atoms with van der Waals surface area (Å²) >= 11 is 0. The molecule has 0 aromatic heterocycles. The first-order valence-corrected chi connectivity index (χ1v) is 6.24. The van der Waals surface area contributed by atoms with Gasteiger partial charge in [-0.2, -0.15) is 0 Å². The van der Waals surface area contributed by atoms with Gasteiger partial charge in [0.05, 0.1) is 0 Å². The molecule has 1 atom stereocenters. The first-order chi connectivity index (χ1) is 8.30.